The van der Waals surface area contributed by atoms with E-state index in [4.69, 9.17) is 0 Å². The van der Waals surface area contributed by atoms with Crippen LogP contribution >= 0.6 is 0 Å². The Morgan fingerprint density at radius 3 is 2.80 bits per heavy atom. The number of carbonyl (C=O) groups excluding carboxylic acids is 1. The van der Waals surface area contributed by atoms with E-state index < -0.39 is 0 Å². The minimum atomic E-state index is -0.200. The molecule has 0 fully saturated rings. The summed E-state index contributed by atoms with van der Waals surface area (Å²) in [5.41, 5.74) is 1.57. The van der Waals surface area contributed by atoms with E-state index in [1.165, 1.54) is 0 Å². The van der Waals surface area contributed by atoms with E-state index in [1.807, 2.05) is 25.5 Å². The van der Waals surface area contributed by atoms with Crippen LogP contribution in [0.25, 0.3) is 0 Å². The molecule has 1 atom stereocenters. The van der Waals surface area contributed by atoms with Crippen LogP contribution in [-0.4, -0.2) is 45.4 Å². The molecule has 0 saturated carbocycles. The fraction of sp³-hybridized carbons (Fsp3) is 0.733. The summed E-state index contributed by atoms with van der Waals surface area (Å²) in [6, 6.07) is -0.200. The topological polar surface area (TPSA) is 58.4 Å². The van der Waals surface area contributed by atoms with E-state index in [1.54, 1.807) is 18.1 Å². The van der Waals surface area contributed by atoms with Crippen LogP contribution in [0.15, 0.2) is 6.20 Å². The molecule has 2 rings (SSSR count). The molecular formula is C15H25N3O2. The molecule has 1 amide bonds. The summed E-state index contributed by atoms with van der Waals surface area (Å²) in [6.45, 7) is 6.96. The van der Waals surface area contributed by atoms with Crippen LogP contribution in [0, 0.1) is 5.41 Å². The molecule has 1 N–H and O–H groups in total. The molecular weight excluding hydrogens is 254 g/mol. The van der Waals surface area contributed by atoms with Gasteiger partial charge in [-0.25, -0.2) is 0 Å². The first-order valence-electron chi connectivity index (χ1n) is 7.29. The van der Waals surface area contributed by atoms with Crippen LogP contribution in [0.1, 0.15) is 49.7 Å². The Hall–Kier alpha value is -1.36. The molecule has 0 aliphatic carbocycles. The summed E-state index contributed by atoms with van der Waals surface area (Å²) in [4.78, 5) is 14.3. The molecule has 0 unspecified atom stereocenters. The van der Waals surface area contributed by atoms with E-state index >= 15 is 0 Å². The molecule has 0 bridgehead atoms. The fourth-order valence-corrected chi connectivity index (χ4v) is 2.91. The van der Waals surface area contributed by atoms with Crippen molar-refractivity contribution in [1.29, 1.82) is 0 Å². The second-order valence-electron chi connectivity index (χ2n) is 6.67. The van der Waals surface area contributed by atoms with Crippen LogP contribution in [0.2, 0.25) is 0 Å². The van der Waals surface area contributed by atoms with E-state index in [2.05, 4.69) is 5.10 Å². The Kier molecular flexibility index (Phi) is 4.18. The number of carbonyl (C=O) groups is 1. The second kappa shape index (κ2) is 5.56. The smallest absolute Gasteiger partial charge is 0.257 e. The lowest BCUT2D eigenvalue weighted by atomic mass is 9.86. The third-order valence-electron chi connectivity index (χ3n) is 4.17. The number of hydrogen-bond donors (Lipinski definition) is 1. The average molecular weight is 279 g/mol. The van der Waals surface area contributed by atoms with Crippen molar-refractivity contribution in [2.75, 3.05) is 13.7 Å². The Morgan fingerprint density at radius 1 is 1.50 bits per heavy atom. The van der Waals surface area contributed by atoms with Gasteiger partial charge in [-0.05, 0) is 24.7 Å². The first-order valence-corrected chi connectivity index (χ1v) is 7.29. The molecule has 112 valence electrons. The third kappa shape index (κ3) is 2.73. The predicted molar refractivity (Wildman–Crippen MR) is 77.6 cm³/mol. The monoisotopic (exact) mass is 279 g/mol. The van der Waals surface area contributed by atoms with E-state index in [0.717, 1.165) is 31.5 Å². The molecule has 2 heterocycles. The summed E-state index contributed by atoms with van der Waals surface area (Å²) in [6.07, 6.45) is 4.82. The highest BCUT2D eigenvalue weighted by Crippen LogP contribution is 2.26. The van der Waals surface area contributed by atoms with Gasteiger partial charge in [-0.2, -0.15) is 5.10 Å². The molecule has 5 heteroatoms. The van der Waals surface area contributed by atoms with Gasteiger partial charge >= 0.3 is 0 Å². The number of aryl methyl sites for hydroxylation is 1. The Bertz CT molecular complexity index is 488. The Balaban J connectivity index is 2.25. The minimum absolute atomic E-state index is 0.0325. The van der Waals surface area contributed by atoms with Gasteiger partial charge in [-0.1, -0.05) is 20.8 Å². The van der Waals surface area contributed by atoms with Gasteiger partial charge in [0.1, 0.15) is 0 Å². The molecule has 1 aromatic heterocycles. The van der Waals surface area contributed by atoms with Crippen LogP contribution in [0.3, 0.4) is 0 Å². The first kappa shape index (κ1) is 15.0. The lowest BCUT2D eigenvalue weighted by Gasteiger charge is -2.36. The Morgan fingerprint density at radius 2 is 2.20 bits per heavy atom. The summed E-state index contributed by atoms with van der Waals surface area (Å²) in [5, 5.41) is 13.9. The number of likely N-dealkylation sites (N-methyl/N-ethyl adjacent to an activating group) is 1. The normalized spacial score (nSPS) is 16.6. The number of hydrogen-bond acceptors (Lipinski definition) is 3. The van der Waals surface area contributed by atoms with Gasteiger partial charge in [0.05, 0.1) is 30.1 Å². The number of aromatic nitrogens is 2. The highest BCUT2D eigenvalue weighted by Gasteiger charge is 2.32. The van der Waals surface area contributed by atoms with Crippen molar-refractivity contribution in [3.63, 3.8) is 0 Å². The van der Waals surface area contributed by atoms with Crippen molar-refractivity contribution in [1.82, 2.24) is 14.7 Å². The predicted octanol–water partition coefficient (Wildman–Crippen LogP) is 1.70. The van der Waals surface area contributed by atoms with Crippen LogP contribution in [0.4, 0.5) is 0 Å². The zero-order valence-corrected chi connectivity index (χ0v) is 12.9. The molecule has 20 heavy (non-hydrogen) atoms. The fourth-order valence-electron chi connectivity index (χ4n) is 2.91. The molecule has 5 nitrogen and oxygen atoms in total. The van der Waals surface area contributed by atoms with Crippen molar-refractivity contribution in [2.24, 2.45) is 5.41 Å². The standard InChI is InChI=1S/C15H25N3O2/c1-15(2,3)13(10-19)17(4)14(20)11-9-16-18-8-6-5-7-12(11)18/h9,13,19H,5-8,10H2,1-4H3/t13-/m1/s1. The van der Waals surface area contributed by atoms with Crippen molar-refractivity contribution in [3.05, 3.63) is 17.5 Å². The number of rotatable bonds is 3. The van der Waals surface area contributed by atoms with Crippen molar-refractivity contribution < 1.29 is 9.90 Å². The maximum atomic E-state index is 12.7. The SMILES string of the molecule is CN(C(=O)c1cnn2c1CCCC2)[C@H](CO)C(C)(C)C. The number of amides is 1. The lowest BCUT2D eigenvalue weighted by molar-refractivity contribution is 0.0432. The second-order valence-corrected chi connectivity index (χ2v) is 6.67. The van der Waals surface area contributed by atoms with E-state index in [-0.39, 0.29) is 24.0 Å². The van der Waals surface area contributed by atoms with E-state index in [9.17, 15) is 9.90 Å². The summed E-state index contributed by atoms with van der Waals surface area (Å²) >= 11 is 0. The molecule has 1 aliphatic rings. The zero-order valence-electron chi connectivity index (χ0n) is 12.9. The van der Waals surface area contributed by atoms with Gasteiger partial charge in [0.2, 0.25) is 0 Å². The van der Waals surface area contributed by atoms with Crippen molar-refractivity contribution in [2.45, 2.75) is 52.6 Å². The molecule has 1 aliphatic heterocycles. The van der Waals surface area contributed by atoms with Crippen molar-refractivity contribution >= 4 is 5.91 Å². The quantitative estimate of drug-likeness (QED) is 0.916. The highest BCUT2D eigenvalue weighted by molar-refractivity contribution is 5.95. The van der Waals surface area contributed by atoms with Gasteiger partial charge in [0.15, 0.2) is 0 Å². The van der Waals surface area contributed by atoms with Gasteiger partial charge in [-0.3, -0.25) is 9.48 Å². The number of aliphatic hydroxyl groups is 1. The summed E-state index contributed by atoms with van der Waals surface area (Å²) < 4.78 is 1.94. The van der Waals surface area contributed by atoms with Gasteiger partial charge in [0, 0.05) is 13.6 Å². The van der Waals surface area contributed by atoms with Crippen LogP contribution in [-0.2, 0) is 13.0 Å². The average Bonchev–Trinajstić information content (AvgIpc) is 2.80. The summed E-state index contributed by atoms with van der Waals surface area (Å²) in [5.74, 6) is -0.0397. The van der Waals surface area contributed by atoms with Crippen molar-refractivity contribution in [3.8, 4) is 0 Å². The summed E-state index contributed by atoms with van der Waals surface area (Å²) in [7, 11) is 1.77. The van der Waals surface area contributed by atoms with Crippen LogP contribution < -0.4 is 0 Å². The molecule has 0 aromatic carbocycles. The Labute approximate surface area is 120 Å². The molecule has 0 saturated heterocycles. The van der Waals surface area contributed by atoms with Gasteiger partial charge < -0.3 is 10.0 Å². The maximum absolute atomic E-state index is 12.7. The van der Waals surface area contributed by atoms with Crippen LogP contribution in [0.5, 0.6) is 0 Å². The lowest BCUT2D eigenvalue weighted by Crippen LogP contribution is -2.47. The minimum Gasteiger partial charge on any atom is -0.394 e. The third-order valence-corrected chi connectivity index (χ3v) is 4.17. The maximum Gasteiger partial charge on any atom is 0.257 e. The highest BCUT2D eigenvalue weighted by atomic mass is 16.3. The molecule has 0 spiro atoms. The van der Waals surface area contributed by atoms with Gasteiger partial charge in [0.25, 0.3) is 5.91 Å². The largest absolute Gasteiger partial charge is 0.394 e. The molecule has 0 radical (unpaired) electrons. The van der Waals surface area contributed by atoms with E-state index in [0.29, 0.717) is 5.56 Å². The number of fused-ring (bicyclic) bond motifs is 1. The zero-order chi connectivity index (χ0) is 14.9. The first-order chi connectivity index (χ1) is 9.36. The van der Waals surface area contributed by atoms with Gasteiger partial charge in [-0.15, -0.1) is 0 Å². The molecule has 1 aromatic rings. The number of aliphatic hydroxyl groups excluding tert-OH is 1. The number of nitrogens with zero attached hydrogens (tertiary/aromatic N) is 3.